The Labute approximate surface area is 113 Å². The minimum Gasteiger partial charge on any atom is -0.312 e. The van der Waals surface area contributed by atoms with Gasteiger partial charge in [-0.05, 0) is 32.3 Å². The number of urea groups is 1. The molecule has 2 aliphatic rings. The zero-order chi connectivity index (χ0) is 13.6. The highest BCUT2D eigenvalue weighted by atomic mass is 16.2. The van der Waals surface area contributed by atoms with Gasteiger partial charge in [0.1, 0.15) is 6.04 Å². The SMILES string of the molecule is Cc1cc(C)cc(CN2C(=O)C3CCCN3C2=O)c1. The lowest BCUT2D eigenvalue weighted by atomic mass is 10.1. The summed E-state index contributed by atoms with van der Waals surface area (Å²) in [7, 11) is 0. The zero-order valence-electron chi connectivity index (χ0n) is 11.3. The summed E-state index contributed by atoms with van der Waals surface area (Å²) in [6.07, 6.45) is 1.76. The van der Waals surface area contributed by atoms with Gasteiger partial charge in [0, 0.05) is 6.54 Å². The lowest BCUT2D eigenvalue weighted by Gasteiger charge is -2.16. The molecule has 0 aliphatic carbocycles. The van der Waals surface area contributed by atoms with Crippen LogP contribution in [-0.2, 0) is 11.3 Å². The average Bonchev–Trinajstić information content (AvgIpc) is 2.88. The van der Waals surface area contributed by atoms with Crippen LogP contribution >= 0.6 is 0 Å². The lowest BCUT2D eigenvalue weighted by Crippen LogP contribution is -2.32. The van der Waals surface area contributed by atoms with Gasteiger partial charge in [0.25, 0.3) is 5.91 Å². The monoisotopic (exact) mass is 258 g/mol. The molecule has 4 heteroatoms. The second kappa shape index (κ2) is 4.37. The number of carbonyl (C=O) groups excluding carboxylic acids is 2. The van der Waals surface area contributed by atoms with Gasteiger partial charge in [-0.2, -0.15) is 0 Å². The van der Waals surface area contributed by atoms with Crippen LogP contribution in [0.2, 0.25) is 0 Å². The Morgan fingerprint density at radius 2 is 1.84 bits per heavy atom. The molecule has 1 aromatic carbocycles. The molecule has 0 saturated carbocycles. The van der Waals surface area contributed by atoms with E-state index in [4.69, 9.17) is 0 Å². The fourth-order valence-electron chi connectivity index (χ4n) is 3.17. The van der Waals surface area contributed by atoms with Crippen LogP contribution in [0.1, 0.15) is 29.5 Å². The van der Waals surface area contributed by atoms with Crippen LogP contribution in [0.15, 0.2) is 18.2 Å². The topological polar surface area (TPSA) is 40.6 Å². The number of carbonyl (C=O) groups is 2. The highest BCUT2D eigenvalue weighted by molar-refractivity contribution is 6.04. The number of imide groups is 1. The molecule has 0 bridgehead atoms. The number of hydrogen-bond donors (Lipinski definition) is 0. The van der Waals surface area contributed by atoms with Gasteiger partial charge in [-0.1, -0.05) is 29.3 Å². The van der Waals surface area contributed by atoms with E-state index in [2.05, 4.69) is 6.07 Å². The number of nitrogens with zero attached hydrogens (tertiary/aromatic N) is 2. The maximum Gasteiger partial charge on any atom is 0.327 e. The summed E-state index contributed by atoms with van der Waals surface area (Å²) in [6, 6.07) is 5.86. The van der Waals surface area contributed by atoms with Crippen LogP contribution in [0.5, 0.6) is 0 Å². The summed E-state index contributed by atoms with van der Waals surface area (Å²) in [5, 5.41) is 0. The molecule has 3 rings (SSSR count). The van der Waals surface area contributed by atoms with E-state index < -0.39 is 0 Å². The van der Waals surface area contributed by atoms with Crippen molar-refractivity contribution < 1.29 is 9.59 Å². The third kappa shape index (κ3) is 2.01. The number of rotatable bonds is 2. The quantitative estimate of drug-likeness (QED) is 0.763. The van der Waals surface area contributed by atoms with Gasteiger partial charge in [0.2, 0.25) is 0 Å². The van der Waals surface area contributed by atoms with Gasteiger partial charge in [-0.15, -0.1) is 0 Å². The van der Waals surface area contributed by atoms with E-state index in [1.807, 2.05) is 26.0 Å². The highest BCUT2D eigenvalue weighted by Gasteiger charge is 2.47. The van der Waals surface area contributed by atoms with Gasteiger partial charge < -0.3 is 4.90 Å². The molecule has 2 saturated heterocycles. The molecule has 2 fully saturated rings. The van der Waals surface area contributed by atoms with Crippen molar-refractivity contribution in [3.8, 4) is 0 Å². The first-order valence-electron chi connectivity index (χ1n) is 6.75. The third-order valence-electron chi connectivity index (χ3n) is 3.90. The molecule has 0 aromatic heterocycles. The van der Waals surface area contributed by atoms with Gasteiger partial charge in [-0.3, -0.25) is 9.69 Å². The largest absolute Gasteiger partial charge is 0.327 e. The molecule has 1 unspecified atom stereocenters. The van der Waals surface area contributed by atoms with E-state index >= 15 is 0 Å². The normalized spacial score (nSPS) is 22.3. The van der Waals surface area contributed by atoms with E-state index in [1.165, 1.54) is 4.90 Å². The zero-order valence-corrected chi connectivity index (χ0v) is 11.3. The van der Waals surface area contributed by atoms with Gasteiger partial charge in [-0.25, -0.2) is 4.79 Å². The predicted octanol–water partition coefficient (Wildman–Crippen LogP) is 2.23. The second-order valence-electron chi connectivity index (χ2n) is 5.55. The number of benzene rings is 1. The van der Waals surface area contributed by atoms with Crippen LogP contribution in [0, 0.1) is 13.8 Å². The van der Waals surface area contributed by atoms with Crippen LogP contribution in [0.25, 0.3) is 0 Å². The molecule has 100 valence electrons. The minimum atomic E-state index is -0.196. The van der Waals surface area contributed by atoms with Crippen molar-refractivity contribution in [1.82, 2.24) is 9.80 Å². The van der Waals surface area contributed by atoms with Gasteiger partial charge in [0.15, 0.2) is 0 Å². The van der Waals surface area contributed by atoms with Crippen LogP contribution in [0.3, 0.4) is 0 Å². The van der Waals surface area contributed by atoms with E-state index in [-0.39, 0.29) is 18.0 Å². The summed E-state index contributed by atoms with van der Waals surface area (Å²) in [4.78, 5) is 27.6. The summed E-state index contributed by atoms with van der Waals surface area (Å²) in [5.74, 6) is -0.0262. The van der Waals surface area contributed by atoms with Crippen molar-refractivity contribution in [2.75, 3.05) is 6.54 Å². The Bertz CT molecular complexity index is 511. The maximum absolute atomic E-state index is 12.2. The maximum atomic E-state index is 12.2. The molecule has 0 spiro atoms. The predicted molar refractivity (Wildman–Crippen MR) is 71.6 cm³/mol. The summed E-state index contributed by atoms with van der Waals surface area (Å²) in [5.41, 5.74) is 3.35. The second-order valence-corrected chi connectivity index (χ2v) is 5.55. The molecule has 2 aliphatic heterocycles. The molecule has 3 amide bonds. The molecule has 2 heterocycles. The van der Waals surface area contributed by atoms with Gasteiger partial charge in [0.05, 0.1) is 6.54 Å². The molecule has 0 radical (unpaired) electrons. The lowest BCUT2D eigenvalue weighted by molar-refractivity contribution is -0.128. The first kappa shape index (κ1) is 12.2. The first-order chi connectivity index (χ1) is 9.06. The molecular weight excluding hydrogens is 240 g/mol. The minimum absolute atomic E-state index is 0.0262. The number of aryl methyl sites for hydroxylation is 2. The highest BCUT2D eigenvalue weighted by Crippen LogP contribution is 2.28. The van der Waals surface area contributed by atoms with Crippen molar-refractivity contribution in [1.29, 1.82) is 0 Å². The van der Waals surface area contributed by atoms with E-state index in [0.717, 1.165) is 36.1 Å². The Balaban J connectivity index is 1.83. The van der Waals surface area contributed by atoms with Crippen molar-refractivity contribution in [3.63, 3.8) is 0 Å². The van der Waals surface area contributed by atoms with Crippen molar-refractivity contribution >= 4 is 11.9 Å². The fraction of sp³-hybridized carbons (Fsp3) is 0.467. The molecule has 1 atom stereocenters. The molecule has 0 N–H and O–H groups in total. The third-order valence-corrected chi connectivity index (χ3v) is 3.90. The standard InChI is InChI=1S/C15H18N2O2/c1-10-6-11(2)8-12(7-10)9-17-14(18)13-4-3-5-16(13)15(17)19/h6-8,13H,3-5,9H2,1-2H3. The number of fused-ring (bicyclic) bond motifs is 1. The van der Waals surface area contributed by atoms with Crippen LogP contribution < -0.4 is 0 Å². The number of hydrogen-bond acceptors (Lipinski definition) is 2. The summed E-state index contributed by atoms with van der Waals surface area (Å²) in [6.45, 7) is 5.18. The van der Waals surface area contributed by atoms with Crippen molar-refractivity contribution in [2.45, 2.75) is 39.3 Å². The molecule has 1 aromatic rings. The van der Waals surface area contributed by atoms with E-state index in [0.29, 0.717) is 6.54 Å². The average molecular weight is 258 g/mol. The van der Waals surface area contributed by atoms with Crippen LogP contribution in [-0.4, -0.2) is 34.3 Å². The molecule has 4 nitrogen and oxygen atoms in total. The number of amides is 3. The Morgan fingerprint density at radius 3 is 2.47 bits per heavy atom. The Hall–Kier alpha value is -1.84. The molecule has 19 heavy (non-hydrogen) atoms. The van der Waals surface area contributed by atoms with Crippen molar-refractivity contribution in [2.24, 2.45) is 0 Å². The fourth-order valence-corrected chi connectivity index (χ4v) is 3.17. The van der Waals surface area contributed by atoms with Crippen molar-refractivity contribution in [3.05, 3.63) is 34.9 Å². The van der Waals surface area contributed by atoms with E-state index in [9.17, 15) is 9.59 Å². The smallest absolute Gasteiger partial charge is 0.312 e. The molecular formula is C15H18N2O2. The van der Waals surface area contributed by atoms with Gasteiger partial charge >= 0.3 is 6.03 Å². The Kier molecular flexibility index (Phi) is 2.81. The summed E-state index contributed by atoms with van der Waals surface area (Å²) < 4.78 is 0. The van der Waals surface area contributed by atoms with E-state index in [1.54, 1.807) is 4.90 Å². The first-order valence-corrected chi connectivity index (χ1v) is 6.75. The van der Waals surface area contributed by atoms with Crippen LogP contribution in [0.4, 0.5) is 4.79 Å². The Morgan fingerprint density at radius 1 is 1.16 bits per heavy atom. The summed E-state index contributed by atoms with van der Waals surface area (Å²) >= 11 is 0.